The topological polar surface area (TPSA) is 69.2 Å². The van der Waals surface area contributed by atoms with Gasteiger partial charge in [-0.3, -0.25) is 4.79 Å². The Balaban J connectivity index is 0.00000261. The van der Waals surface area contributed by atoms with E-state index < -0.39 is 0 Å². The number of guanidine groups is 1. The molecule has 27 heavy (non-hydrogen) atoms. The quantitative estimate of drug-likeness (QED) is 0.345. The van der Waals surface area contributed by atoms with Crippen molar-refractivity contribution in [3.8, 4) is 0 Å². The van der Waals surface area contributed by atoms with Gasteiger partial charge in [-0.1, -0.05) is 6.42 Å². The van der Waals surface area contributed by atoms with Crippen molar-refractivity contribution in [1.29, 1.82) is 0 Å². The fourth-order valence-corrected chi connectivity index (χ4v) is 4.38. The number of ether oxygens (including phenoxy) is 1. The van der Waals surface area contributed by atoms with Crippen LogP contribution in [0.1, 0.15) is 44.9 Å². The maximum Gasteiger partial charge on any atom is 0.243 e. The molecule has 1 amide bonds. The zero-order valence-electron chi connectivity index (χ0n) is 16.9. The number of halogens is 1. The Morgan fingerprint density at radius 1 is 1.19 bits per heavy atom. The lowest BCUT2D eigenvalue weighted by molar-refractivity contribution is -0.127. The fourth-order valence-electron chi connectivity index (χ4n) is 4.38. The third-order valence-electron chi connectivity index (χ3n) is 6.07. The number of carbonyl (C=O) groups excluding carboxylic acids is 1. The second-order valence-electron chi connectivity index (χ2n) is 8.19. The van der Waals surface area contributed by atoms with Gasteiger partial charge in [0.25, 0.3) is 0 Å². The van der Waals surface area contributed by atoms with E-state index in [4.69, 9.17) is 4.74 Å². The van der Waals surface area contributed by atoms with Gasteiger partial charge in [0.05, 0.1) is 6.10 Å². The molecule has 3 heterocycles. The van der Waals surface area contributed by atoms with Crippen molar-refractivity contribution in [2.75, 3.05) is 40.8 Å². The molecular weight excluding hydrogens is 457 g/mol. The minimum absolute atomic E-state index is 0. The van der Waals surface area contributed by atoms with E-state index in [2.05, 4.69) is 27.6 Å². The van der Waals surface area contributed by atoms with Crippen molar-refractivity contribution in [3.63, 3.8) is 0 Å². The minimum atomic E-state index is 0. The molecule has 7 nitrogen and oxygen atoms in total. The molecular formula is C19H36IN5O2. The lowest BCUT2D eigenvalue weighted by Crippen LogP contribution is -2.57. The molecule has 0 aromatic carbocycles. The van der Waals surface area contributed by atoms with E-state index in [0.29, 0.717) is 18.1 Å². The maximum atomic E-state index is 11.9. The monoisotopic (exact) mass is 493 g/mol. The standard InChI is InChI=1S/C19H35N5O2.HI/c1-23(2)18(25)13-21-19(20-12-17-8-5-9-26-17)22-14-10-15-6-4-7-16(11-14)24(15)3;/h14-17H,4-13H2,1-3H3,(H2,20,21,22);1H. The third-order valence-corrected chi connectivity index (χ3v) is 6.07. The van der Waals surface area contributed by atoms with Crippen LogP contribution < -0.4 is 10.6 Å². The van der Waals surface area contributed by atoms with Crippen LogP contribution in [0.25, 0.3) is 0 Å². The number of rotatable bonds is 5. The molecule has 0 aliphatic carbocycles. The van der Waals surface area contributed by atoms with E-state index in [0.717, 1.165) is 44.8 Å². The van der Waals surface area contributed by atoms with Gasteiger partial charge in [-0.2, -0.15) is 0 Å². The summed E-state index contributed by atoms with van der Waals surface area (Å²) in [6, 6.07) is 1.76. The molecule has 3 rings (SSSR count). The minimum Gasteiger partial charge on any atom is -0.376 e. The summed E-state index contributed by atoms with van der Waals surface area (Å²) in [6.07, 6.45) is 8.70. The van der Waals surface area contributed by atoms with Gasteiger partial charge in [-0.15, -0.1) is 24.0 Å². The number of fused-ring (bicyclic) bond motifs is 2. The number of nitrogens with zero attached hydrogens (tertiary/aromatic N) is 3. The van der Waals surface area contributed by atoms with Crippen molar-refractivity contribution in [1.82, 2.24) is 20.4 Å². The first-order chi connectivity index (χ1) is 12.5. The molecule has 0 aromatic rings. The highest BCUT2D eigenvalue weighted by Crippen LogP contribution is 2.32. The highest BCUT2D eigenvalue weighted by atomic mass is 127. The SMILES string of the molecule is CN(C)C(=O)CN=C(NCC1CCCO1)NC1CC2CCCC(C1)N2C.I. The van der Waals surface area contributed by atoms with Gasteiger partial charge in [-0.05, 0) is 45.6 Å². The van der Waals surface area contributed by atoms with E-state index in [1.54, 1.807) is 19.0 Å². The lowest BCUT2D eigenvalue weighted by Gasteiger charge is -2.47. The number of nitrogens with one attached hydrogen (secondary N) is 2. The Bertz CT molecular complexity index is 496. The summed E-state index contributed by atoms with van der Waals surface area (Å²) >= 11 is 0. The van der Waals surface area contributed by atoms with E-state index >= 15 is 0 Å². The summed E-state index contributed by atoms with van der Waals surface area (Å²) in [7, 11) is 5.80. The van der Waals surface area contributed by atoms with Crippen molar-refractivity contribution >= 4 is 35.8 Å². The van der Waals surface area contributed by atoms with E-state index in [-0.39, 0.29) is 42.5 Å². The number of likely N-dealkylation sites (N-methyl/N-ethyl adjacent to an activating group) is 1. The first-order valence-corrected chi connectivity index (χ1v) is 10.1. The molecule has 3 fully saturated rings. The lowest BCUT2D eigenvalue weighted by atomic mass is 9.82. The molecule has 0 saturated carbocycles. The maximum absolute atomic E-state index is 11.9. The molecule has 3 saturated heterocycles. The van der Waals surface area contributed by atoms with Crippen LogP contribution in [-0.2, 0) is 9.53 Å². The van der Waals surface area contributed by atoms with Gasteiger partial charge in [-0.25, -0.2) is 4.99 Å². The summed E-state index contributed by atoms with van der Waals surface area (Å²) < 4.78 is 5.70. The number of hydrogen-bond donors (Lipinski definition) is 2. The molecule has 0 aromatic heterocycles. The molecule has 3 aliphatic heterocycles. The molecule has 2 N–H and O–H groups in total. The Labute approximate surface area is 180 Å². The number of aliphatic imine (C=N–C) groups is 1. The van der Waals surface area contributed by atoms with Crippen LogP contribution in [0, 0.1) is 0 Å². The Kier molecular flexibility index (Phi) is 9.07. The summed E-state index contributed by atoms with van der Waals surface area (Å²) in [5.41, 5.74) is 0. The molecule has 3 atom stereocenters. The van der Waals surface area contributed by atoms with Crippen LogP contribution in [0.3, 0.4) is 0 Å². The van der Waals surface area contributed by atoms with Crippen molar-refractivity contribution < 1.29 is 9.53 Å². The van der Waals surface area contributed by atoms with Gasteiger partial charge in [0.15, 0.2) is 5.96 Å². The fraction of sp³-hybridized carbons (Fsp3) is 0.895. The van der Waals surface area contributed by atoms with Crippen LogP contribution >= 0.6 is 24.0 Å². The van der Waals surface area contributed by atoms with Crippen molar-refractivity contribution in [2.24, 2.45) is 4.99 Å². The van der Waals surface area contributed by atoms with Gasteiger partial charge in [0.1, 0.15) is 6.54 Å². The zero-order chi connectivity index (χ0) is 18.5. The average Bonchev–Trinajstić information content (AvgIpc) is 3.11. The predicted molar refractivity (Wildman–Crippen MR) is 119 cm³/mol. The third kappa shape index (κ3) is 6.45. The summed E-state index contributed by atoms with van der Waals surface area (Å²) in [6.45, 7) is 1.78. The second-order valence-corrected chi connectivity index (χ2v) is 8.19. The van der Waals surface area contributed by atoms with Crippen LogP contribution in [-0.4, -0.2) is 86.7 Å². The number of hydrogen-bond acceptors (Lipinski definition) is 4. The van der Waals surface area contributed by atoms with E-state index in [9.17, 15) is 4.79 Å². The van der Waals surface area contributed by atoms with Crippen molar-refractivity contribution in [3.05, 3.63) is 0 Å². The number of carbonyl (C=O) groups is 1. The van der Waals surface area contributed by atoms with E-state index in [1.807, 2.05) is 0 Å². The number of piperidine rings is 2. The normalized spacial score (nSPS) is 31.1. The molecule has 3 unspecified atom stereocenters. The van der Waals surface area contributed by atoms with Gasteiger partial charge in [0.2, 0.25) is 5.91 Å². The number of amides is 1. The smallest absolute Gasteiger partial charge is 0.243 e. The molecule has 2 bridgehead atoms. The van der Waals surface area contributed by atoms with Gasteiger partial charge >= 0.3 is 0 Å². The molecule has 3 aliphatic rings. The molecule has 0 spiro atoms. The van der Waals surface area contributed by atoms with Gasteiger partial charge < -0.3 is 25.2 Å². The van der Waals surface area contributed by atoms with Crippen LogP contribution in [0.15, 0.2) is 4.99 Å². The van der Waals surface area contributed by atoms with Crippen LogP contribution in [0.5, 0.6) is 0 Å². The first-order valence-electron chi connectivity index (χ1n) is 10.1. The largest absolute Gasteiger partial charge is 0.376 e. The Hall–Kier alpha value is -0.610. The van der Waals surface area contributed by atoms with Crippen LogP contribution in [0.2, 0.25) is 0 Å². The van der Waals surface area contributed by atoms with Crippen molar-refractivity contribution in [2.45, 2.75) is 69.2 Å². The summed E-state index contributed by atoms with van der Waals surface area (Å²) in [4.78, 5) is 20.6. The second kappa shape index (κ2) is 10.8. The predicted octanol–water partition coefficient (Wildman–Crippen LogP) is 1.42. The first kappa shape index (κ1) is 22.7. The molecule has 156 valence electrons. The summed E-state index contributed by atoms with van der Waals surface area (Å²) in [5, 5.41) is 7.02. The molecule has 0 radical (unpaired) electrons. The Morgan fingerprint density at radius 2 is 1.89 bits per heavy atom. The van der Waals surface area contributed by atoms with Gasteiger partial charge in [0, 0.05) is 45.4 Å². The molecule has 8 heteroatoms. The van der Waals surface area contributed by atoms with Crippen LogP contribution in [0.4, 0.5) is 0 Å². The van der Waals surface area contributed by atoms with E-state index in [1.165, 1.54) is 19.3 Å². The Morgan fingerprint density at radius 3 is 2.48 bits per heavy atom. The highest BCUT2D eigenvalue weighted by molar-refractivity contribution is 14.0. The summed E-state index contributed by atoms with van der Waals surface area (Å²) in [5.74, 6) is 0.770. The average molecular weight is 493 g/mol. The highest BCUT2D eigenvalue weighted by Gasteiger charge is 2.36. The zero-order valence-corrected chi connectivity index (χ0v) is 19.3.